The monoisotopic (exact) mass is 344 g/mol. The SMILES string of the molecule is [B]/C(Br)=C/C1CCN(c2ccc(C(F)(F)F)cn2)CC1. The van der Waals surface area contributed by atoms with E-state index in [4.69, 9.17) is 7.85 Å². The number of pyridine rings is 1. The van der Waals surface area contributed by atoms with E-state index in [-0.39, 0.29) is 0 Å². The lowest BCUT2D eigenvalue weighted by Gasteiger charge is -2.31. The Bertz CT molecular complexity index is 475. The lowest BCUT2D eigenvalue weighted by Crippen LogP contribution is -2.33. The van der Waals surface area contributed by atoms with Crippen molar-refractivity contribution in [1.29, 1.82) is 0 Å². The Hall–Kier alpha value is -0.975. The van der Waals surface area contributed by atoms with Crippen molar-refractivity contribution < 1.29 is 13.2 Å². The van der Waals surface area contributed by atoms with Crippen LogP contribution in [-0.2, 0) is 6.18 Å². The minimum atomic E-state index is -4.34. The molecular weight excluding hydrogens is 332 g/mol. The van der Waals surface area contributed by atoms with E-state index in [2.05, 4.69) is 20.9 Å². The lowest BCUT2D eigenvalue weighted by molar-refractivity contribution is -0.137. The van der Waals surface area contributed by atoms with Gasteiger partial charge in [-0.1, -0.05) is 26.4 Å². The van der Waals surface area contributed by atoms with E-state index in [9.17, 15) is 13.2 Å². The molecule has 0 amide bonds. The molecule has 2 nitrogen and oxygen atoms in total. The fourth-order valence-corrected chi connectivity index (χ4v) is 2.64. The van der Waals surface area contributed by atoms with Crippen LogP contribution in [0.4, 0.5) is 19.0 Å². The van der Waals surface area contributed by atoms with Gasteiger partial charge in [0.15, 0.2) is 0 Å². The summed E-state index contributed by atoms with van der Waals surface area (Å²) < 4.78 is 38.0. The average molecular weight is 345 g/mol. The molecule has 1 saturated heterocycles. The van der Waals surface area contributed by atoms with Crippen molar-refractivity contribution in [2.45, 2.75) is 19.0 Å². The van der Waals surface area contributed by atoms with Gasteiger partial charge in [0.2, 0.25) is 0 Å². The van der Waals surface area contributed by atoms with Gasteiger partial charge in [-0.05, 0) is 30.9 Å². The highest BCUT2D eigenvalue weighted by Gasteiger charge is 2.31. The van der Waals surface area contributed by atoms with Crippen molar-refractivity contribution >= 4 is 29.6 Å². The van der Waals surface area contributed by atoms with Gasteiger partial charge in [0, 0.05) is 19.3 Å². The second kappa shape index (κ2) is 6.20. The van der Waals surface area contributed by atoms with E-state index in [1.165, 1.54) is 6.07 Å². The summed E-state index contributed by atoms with van der Waals surface area (Å²) in [4.78, 5) is 5.91. The number of hydrogen-bond acceptors (Lipinski definition) is 2. The van der Waals surface area contributed by atoms with Crippen LogP contribution >= 0.6 is 15.9 Å². The maximum Gasteiger partial charge on any atom is 0.417 e. The summed E-state index contributed by atoms with van der Waals surface area (Å²) in [6.45, 7) is 1.53. The van der Waals surface area contributed by atoms with Crippen molar-refractivity contribution in [1.82, 2.24) is 4.98 Å². The molecule has 0 saturated carbocycles. The van der Waals surface area contributed by atoms with Crippen LogP contribution in [-0.4, -0.2) is 25.9 Å². The normalized spacial score (nSPS) is 18.4. The molecule has 1 aliphatic heterocycles. The van der Waals surface area contributed by atoms with E-state index in [0.29, 0.717) is 16.1 Å². The van der Waals surface area contributed by atoms with Crippen molar-refractivity contribution in [3.63, 3.8) is 0 Å². The van der Waals surface area contributed by atoms with Gasteiger partial charge in [-0.2, -0.15) is 13.2 Å². The fourth-order valence-electron chi connectivity index (χ4n) is 2.26. The quantitative estimate of drug-likeness (QED) is 0.760. The van der Waals surface area contributed by atoms with Gasteiger partial charge >= 0.3 is 6.18 Å². The number of piperidine rings is 1. The Labute approximate surface area is 125 Å². The summed E-state index contributed by atoms with van der Waals surface area (Å²) in [5, 5.41) is 0. The first-order valence-electron chi connectivity index (χ1n) is 6.27. The molecule has 0 atom stereocenters. The Morgan fingerprint density at radius 3 is 2.45 bits per heavy atom. The van der Waals surface area contributed by atoms with Gasteiger partial charge in [0.25, 0.3) is 0 Å². The summed E-state index contributed by atoms with van der Waals surface area (Å²) in [7, 11) is 5.57. The predicted molar refractivity (Wildman–Crippen MR) is 76.9 cm³/mol. The highest BCUT2D eigenvalue weighted by atomic mass is 79.9. The van der Waals surface area contributed by atoms with Crippen LogP contribution in [0.25, 0.3) is 0 Å². The zero-order valence-corrected chi connectivity index (χ0v) is 12.3. The maximum absolute atomic E-state index is 12.5. The number of aromatic nitrogens is 1. The van der Waals surface area contributed by atoms with Gasteiger partial charge in [-0.15, -0.1) is 0 Å². The zero-order valence-electron chi connectivity index (χ0n) is 10.7. The largest absolute Gasteiger partial charge is 0.417 e. The third-order valence-corrected chi connectivity index (χ3v) is 3.60. The van der Waals surface area contributed by atoms with Crippen molar-refractivity contribution in [2.75, 3.05) is 18.0 Å². The van der Waals surface area contributed by atoms with Crippen molar-refractivity contribution in [3.05, 3.63) is 34.4 Å². The Morgan fingerprint density at radius 1 is 1.35 bits per heavy atom. The summed E-state index contributed by atoms with van der Waals surface area (Å²) >= 11 is 3.20. The minimum Gasteiger partial charge on any atom is -0.357 e. The molecule has 1 aliphatic rings. The number of rotatable bonds is 2. The van der Waals surface area contributed by atoms with E-state index in [1.54, 1.807) is 0 Å². The van der Waals surface area contributed by atoms with E-state index in [0.717, 1.165) is 38.2 Å². The van der Waals surface area contributed by atoms with Crippen LogP contribution < -0.4 is 4.90 Å². The molecule has 0 aromatic carbocycles. The molecule has 0 unspecified atom stereocenters. The zero-order chi connectivity index (χ0) is 14.8. The Morgan fingerprint density at radius 2 is 2.00 bits per heavy atom. The summed E-state index contributed by atoms with van der Waals surface area (Å²) in [6.07, 6.45) is 0.343. The lowest BCUT2D eigenvalue weighted by atomic mass is 9.94. The van der Waals surface area contributed by atoms with Gasteiger partial charge in [0.05, 0.1) is 5.56 Å². The standard InChI is InChI=1S/C13H13BBrF3N2/c14-11(15)7-9-3-5-20(6-4-9)12-2-1-10(8-19-12)13(16,17)18/h1-2,7-9H,3-6H2/b11-7-. The average Bonchev–Trinajstić information content (AvgIpc) is 2.38. The third kappa shape index (κ3) is 4.01. The number of allylic oxidation sites excluding steroid dienone is 1. The minimum absolute atomic E-state index is 0.403. The summed E-state index contributed by atoms with van der Waals surface area (Å²) in [5.74, 6) is 0.993. The topological polar surface area (TPSA) is 16.1 Å². The fraction of sp³-hybridized carbons (Fsp3) is 0.462. The number of halogens is 4. The smallest absolute Gasteiger partial charge is 0.357 e. The van der Waals surface area contributed by atoms with Crippen LogP contribution in [0.15, 0.2) is 28.8 Å². The number of anilines is 1. The molecule has 0 N–H and O–H groups in total. The molecule has 20 heavy (non-hydrogen) atoms. The summed E-state index contributed by atoms with van der Waals surface area (Å²) in [5.41, 5.74) is -0.717. The van der Waals surface area contributed by atoms with Gasteiger partial charge in [-0.3, -0.25) is 0 Å². The third-order valence-electron chi connectivity index (χ3n) is 3.33. The molecule has 106 valence electrons. The van der Waals surface area contributed by atoms with Gasteiger partial charge in [0.1, 0.15) is 13.7 Å². The molecule has 0 aliphatic carbocycles. The van der Waals surface area contributed by atoms with Crippen LogP contribution in [0, 0.1) is 5.92 Å². The van der Waals surface area contributed by atoms with Crippen LogP contribution in [0.1, 0.15) is 18.4 Å². The highest BCUT2D eigenvalue weighted by Crippen LogP contribution is 2.30. The summed E-state index contributed by atoms with van der Waals surface area (Å²) in [6, 6.07) is 2.50. The van der Waals surface area contributed by atoms with Gasteiger partial charge < -0.3 is 4.90 Å². The van der Waals surface area contributed by atoms with Crippen molar-refractivity contribution in [3.8, 4) is 0 Å². The molecule has 2 rings (SSSR count). The van der Waals surface area contributed by atoms with E-state index < -0.39 is 11.7 Å². The Balaban J connectivity index is 1.99. The first-order valence-corrected chi connectivity index (χ1v) is 7.06. The van der Waals surface area contributed by atoms with Gasteiger partial charge in [-0.25, -0.2) is 4.98 Å². The second-order valence-corrected chi connectivity index (χ2v) is 5.69. The first-order chi connectivity index (χ1) is 9.36. The number of nitrogens with zero attached hydrogens (tertiary/aromatic N) is 2. The highest BCUT2D eigenvalue weighted by molar-refractivity contribution is 9.12. The molecular formula is C13H13BBrF3N2. The number of alkyl halides is 3. The molecule has 0 spiro atoms. The van der Waals surface area contributed by atoms with E-state index >= 15 is 0 Å². The molecule has 2 heterocycles. The van der Waals surface area contributed by atoms with Crippen LogP contribution in [0.3, 0.4) is 0 Å². The molecule has 7 heteroatoms. The maximum atomic E-state index is 12.5. The molecule has 1 fully saturated rings. The van der Waals surface area contributed by atoms with Crippen LogP contribution in [0.2, 0.25) is 0 Å². The first kappa shape index (κ1) is 15.4. The number of hydrogen-bond donors (Lipinski definition) is 0. The van der Waals surface area contributed by atoms with Crippen molar-refractivity contribution in [2.24, 2.45) is 5.92 Å². The molecule has 0 bridgehead atoms. The molecule has 1 aromatic heterocycles. The second-order valence-electron chi connectivity index (χ2n) is 4.78. The Kier molecular flexibility index (Phi) is 4.78. The van der Waals surface area contributed by atoms with E-state index in [1.807, 2.05) is 11.0 Å². The van der Waals surface area contributed by atoms with Crippen LogP contribution in [0.5, 0.6) is 0 Å². The predicted octanol–water partition coefficient (Wildman–Crippen LogP) is 3.72. The molecule has 2 radical (unpaired) electrons. The molecule has 1 aromatic rings.